The summed E-state index contributed by atoms with van der Waals surface area (Å²) in [4.78, 5) is 12.1. The Morgan fingerprint density at radius 3 is 2.95 bits per heavy atom. The summed E-state index contributed by atoms with van der Waals surface area (Å²) in [7, 11) is 1.43. The topological polar surface area (TPSA) is 129 Å². The van der Waals surface area contributed by atoms with Crippen molar-refractivity contribution < 1.29 is 24.1 Å². The SMILES string of the molecule is COc1nc(N)nc2c1ncn2[C@H]1C[C@H](O)[C@](CO)(CF)O1. The molecule has 4 N–H and O–H groups in total. The number of aliphatic hydroxyl groups excluding tert-OH is 2. The van der Waals surface area contributed by atoms with E-state index >= 15 is 0 Å². The maximum atomic E-state index is 13.2. The summed E-state index contributed by atoms with van der Waals surface area (Å²) in [5.41, 5.74) is 4.71. The van der Waals surface area contributed by atoms with Gasteiger partial charge in [-0.3, -0.25) is 4.57 Å². The lowest BCUT2D eigenvalue weighted by Gasteiger charge is -2.26. The van der Waals surface area contributed by atoms with Gasteiger partial charge in [-0.1, -0.05) is 0 Å². The third-order valence-corrected chi connectivity index (χ3v) is 3.81. The van der Waals surface area contributed by atoms with Gasteiger partial charge in [-0.2, -0.15) is 9.97 Å². The highest BCUT2D eigenvalue weighted by Crippen LogP contribution is 2.38. The van der Waals surface area contributed by atoms with Gasteiger partial charge in [0.1, 0.15) is 18.5 Å². The molecule has 0 amide bonds. The van der Waals surface area contributed by atoms with Gasteiger partial charge >= 0.3 is 0 Å². The molecule has 3 atom stereocenters. The van der Waals surface area contributed by atoms with E-state index in [0.717, 1.165) is 0 Å². The molecule has 1 aliphatic heterocycles. The standard InChI is InChI=1S/C12H16FN5O4/c1-21-10-8-9(16-11(14)17-10)18(5-15-8)7-2-6(20)12(3-13,4-19)22-7/h5-7,19-20H,2-4H2,1H3,(H2,14,16,17)/t6-,7+,12+/m0/s1. The molecule has 0 saturated carbocycles. The van der Waals surface area contributed by atoms with E-state index in [1.807, 2.05) is 0 Å². The van der Waals surface area contributed by atoms with Crippen molar-refractivity contribution in [3.8, 4) is 5.88 Å². The number of fused-ring (bicyclic) bond motifs is 1. The number of alkyl halides is 1. The third kappa shape index (κ3) is 2.07. The predicted octanol–water partition coefficient (Wildman–Crippen LogP) is -0.603. The number of rotatable bonds is 4. The summed E-state index contributed by atoms with van der Waals surface area (Å²) in [6, 6.07) is 0. The van der Waals surface area contributed by atoms with E-state index in [2.05, 4.69) is 15.0 Å². The molecule has 9 nitrogen and oxygen atoms in total. The molecule has 3 rings (SSSR count). The lowest BCUT2D eigenvalue weighted by molar-refractivity contribution is -0.136. The van der Waals surface area contributed by atoms with Crippen molar-refractivity contribution in [1.29, 1.82) is 0 Å². The van der Waals surface area contributed by atoms with Crippen LogP contribution in [-0.4, -0.2) is 61.8 Å². The predicted molar refractivity (Wildman–Crippen MR) is 72.8 cm³/mol. The molecule has 2 aromatic heterocycles. The molecular formula is C12H16FN5O4. The summed E-state index contributed by atoms with van der Waals surface area (Å²) >= 11 is 0. The van der Waals surface area contributed by atoms with Gasteiger partial charge in [0.15, 0.2) is 11.2 Å². The van der Waals surface area contributed by atoms with Crippen molar-refractivity contribution in [3.63, 3.8) is 0 Å². The summed E-state index contributed by atoms with van der Waals surface area (Å²) in [5, 5.41) is 19.3. The average Bonchev–Trinajstić information content (AvgIpc) is 3.07. The van der Waals surface area contributed by atoms with Crippen molar-refractivity contribution in [1.82, 2.24) is 19.5 Å². The van der Waals surface area contributed by atoms with E-state index in [1.54, 1.807) is 0 Å². The van der Waals surface area contributed by atoms with Crippen LogP contribution in [0.3, 0.4) is 0 Å². The van der Waals surface area contributed by atoms with E-state index in [9.17, 15) is 14.6 Å². The van der Waals surface area contributed by atoms with Crippen LogP contribution in [0.2, 0.25) is 0 Å². The Morgan fingerprint density at radius 2 is 2.36 bits per heavy atom. The number of nitrogens with zero attached hydrogens (tertiary/aromatic N) is 4. The Bertz CT molecular complexity index is 689. The second-order valence-corrected chi connectivity index (χ2v) is 5.10. The number of halogens is 1. The van der Waals surface area contributed by atoms with Gasteiger partial charge in [-0.25, -0.2) is 9.37 Å². The van der Waals surface area contributed by atoms with Gasteiger partial charge in [0.05, 0.1) is 26.1 Å². The first-order valence-electron chi connectivity index (χ1n) is 6.61. The molecule has 2 aromatic rings. The van der Waals surface area contributed by atoms with E-state index < -0.39 is 31.2 Å². The summed E-state index contributed by atoms with van der Waals surface area (Å²) in [6.07, 6.45) is -0.375. The quantitative estimate of drug-likeness (QED) is 0.682. The molecule has 120 valence electrons. The van der Waals surface area contributed by atoms with Gasteiger partial charge in [-0.15, -0.1) is 0 Å². The number of hydrogen-bond donors (Lipinski definition) is 3. The number of hydrogen-bond acceptors (Lipinski definition) is 8. The molecule has 0 unspecified atom stereocenters. The van der Waals surface area contributed by atoms with Gasteiger partial charge < -0.3 is 25.4 Å². The van der Waals surface area contributed by atoms with Crippen molar-refractivity contribution in [2.45, 2.75) is 24.4 Å². The van der Waals surface area contributed by atoms with Crippen LogP contribution in [0.15, 0.2) is 6.33 Å². The first kappa shape index (κ1) is 14.9. The lowest BCUT2D eigenvalue weighted by atomic mass is 10.00. The maximum Gasteiger partial charge on any atom is 0.246 e. The fourth-order valence-corrected chi connectivity index (χ4v) is 2.54. The molecule has 0 aromatic carbocycles. The van der Waals surface area contributed by atoms with Gasteiger partial charge in [0.25, 0.3) is 0 Å². The highest BCUT2D eigenvalue weighted by Gasteiger charge is 2.49. The second kappa shape index (κ2) is 5.30. The van der Waals surface area contributed by atoms with Crippen molar-refractivity contribution >= 4 is 17.1 Å². The molecular weight excluding hydrogens is 297 g/mol. The van der Waals surface area contributed by atoms with Crippen LogP contribution >= 0.6 is 0 Å². The Balaban J connectivity index is 2.03. The summed E-state index contributed by atoms with van der Waals surface area (Å²) in [5.74, 6) is 0.197. The number of anilines is 1. The van der Waals surface area contributed by atoms with Gasteiger partial charge in [0, 0.05) is 6.42 Å². The third-order valence-electron chi connectivity index (χ3n) is 3.81. The van der Waals surface area contributed by atoms with Crippen molar-refractivity contribution in [2.75, 3.05) is 26.1 Å². The Hall–Kier alpha value is -2.04. The highest BCUT2D eigenvalue weighted by molar-refractivity contribution is 5.77. The van der Waals surface area contributed by atoms with Crippen molar-refractivity contribution in [3.05, 3.63) is 6.33 Å². The van der Waals surface area contributed by atoms with Crippen LogP contribution < -0.4 is 10.5 Å². The molecule has 0 aliphatic carbocycles. The van der Waals surface area contributed by atoms with E-state index in [1.165, 1.54) is 18.0 Å². The molecule has 10 heteroatoms. The Kier molecular flexibility index (Phi) is 3.59. The first-order valence-corrected chi connectivity index (χ1v) is 6.61. The minimum atomic E-state index is -1.63. The smallest absolute Gasteiger partial charge is 0.246 e. The average molecular weight is 313 g/mol. The first-order chi connectivity index (χ1) is 10.5. The minimum absolute atomic E-state index is 0.0106. The van der Waals surface area contributed by atoms with Crippen LogP contribution in [0.25, 0.3) is 11.2 Å². The van der Waals surface area contributed by atoms with Crippen LogP contribution in [-0.2, 0) is 4.74 Å². The normalized spacial score (nSPS) is 28.4. The van der Waals surface area contributed by atoms with E-state index in [-0.39, 0.29) is 18.2 Å². The summed E-state index contributed by atoms with van der Waals surface area (Å²) < 4.78 is 25.3. The molecule has 1 aliphatic rings. The molecule has 0 radical (unpaired) electrons. The Morgan fingerprint density at radius 1 is 1.59 bits per heavy atom. The monoisotopic (exact) mass is 313 g/mol. The fourth-order valence-electron chi connectivity index (χ4n) is 2.54. The Labute approximate surface area is 124 Å². The molecule has 0 bridgehead atoms. The zero-order valence-electron chi connectivity index (χ0n) is 11.8. The number of imidazole rings is 1. The minimum Gasteiger partial charge on any atom is -0.479 e. The van der Waals surface area contributed by atoms with Gasteiger partial charge in [0.2, 0.25) is 11.8 Å². The number of nitrogen functional groups attached to an aromatic ring is 1. The zero-order chi connectivity index (χ0) is 15.9. The number of ether oxygens (including phenoxy) is 2. The second-order valence-electron chi connectivity index (χ2n) is 5.10. The molecule has 22 heavy (non-hydrogen) atoms. The van der Waals surface area contributed by atoms with E-state index in [4.69, 9.17) is 15.2 Å². The lowest BCUT2D eigenvalue weighted by Crippen LogP contribution is -2.45. The van der Waals surface area contributed by atoms with Gasteiger partial charge in [-0.05, 0) is 0 Å². The molecule has 1 fully saturated rings. The number of methoxy groups -OCH3 is 1. The van der Waals surface area contributed by atoms with Crippen LogP contribution in [0.5, 0.6) is 5.88 Å². The largest absolute Gasteiger partial charge is 0.479 e. The highest BCUT2D eigenvalue weighted by atomic mass is 19.1. The molecule has 1 saturated heterocycles. The zero-order valence-corrected chi connectivity index (χ0v) is 11.8. The maximum absolute atomic E-state index is 13.2. The van der Waals surface area contributed by atoms with Crippen LogP contribution in [0.4, 0.5) is 10.3 Å². The van der Waals surface area contributed by atoms with Crippen LogP contribution in [0.1, 0.15) is 12.6 Å². The summed E-state index contributed by atoms with van der Waals surface area (Å²) in [6.45, 7) is -1.64. The van der Waals surface area contributed by atoms with Crippen LogP contribution in [0, 0.1) is 0 Å². The number of aliphatic hydroxyl groups is 2. The number of nitrogens with two attached hydrogens (primary N) is 1. The number of aromatic nitrogens is 4. The van der Waals surface area contributed by atoms with E-state index in [0.29, 0.717) is 11.2 Å². The molecule has 0 spiro atoms. The van der Waals surface area contributed by atoms with Crippen molar-refractivity contribution in [2.24, 2.45) is 0 Å². The fraction of sp³-hybridized carbons (Fsp3) is 0.583. The molecule has 3 heterocycles.